The Morgan fingerprint density at radius 1 is 1.33 bits per heavy atom. The molecule has 6 heteroatoms. The maximum atomic E-state index is 13.7. The molecule has 3 rings (SSSR count). The molecule has 1 aromatic carbocycles. The quantitative estimate of drug-likeness (QED) is 0.881. The highest BCUT2D eigenvalue weighted by Gasteiger charge is 2.35. The Morgan fingerprint density at radius 3 is 2.92 bits per heavy atom. The lowest BCUT2D eigenvalue weighted by atomic mass is 10.1. The van der Waals surface area contributed by atoms with E-state index in [1.165, 1.54) is 0 Å². The number of pyridine rings is 1. The van der Waals surface area contributed by atoms with Crippen LogP contribution in [-0.2, 0) is 17.9 Å². The van der Waals surface area contributed by atoms with Crippen molar-refractivity contribution < 1.29 is 13.9 Å². The predicted octanol–water partition coefficient (Wildman–Crippen LogP) is 2.06. The fraction of sp³-hybridized carbons (Fsp3) is 0.333. The largest absolute Gasteiger partial charge is 0.489 e. The van der Waals surface area contributed by atoms with Gasteiger partial charge in [-0.1, -0.05) is 24.3 Å². The van der Waals surface area contributed by atoms with Gasteiger partial charge in [-0.25, -0.2) is 4.39 Å². The van der Waals surface area contributed by atoms with Gasteiger partial charge in [-0.2, -0.15) is 0 Å². The van der Waals surface area contributed by atoms with Gasteiger partial charge in [0.05, 0.1) is 6.04 Å². The minimum Gasteiger partial charge on any atom is -0.489 e. The summed E-state index contributed by atoms with van der Waals surface area (Å²) in [6, 6.07) is 10.8. The molecule has 2 atom stereocenters. The van der Waals surface area contributed by atoms with Crippen LogP contribution in [0, 0.1) is 0 Å². The maximum Gasteiger partial charge on any atom is 0.234 e. The number of carbonyl (C=O) groups is 1. The van der Waals surface area contributed by atoms with Gasteiger partial charge in [-0.3, -0.25) is 14.7 Å². The number of primary amides is 1. The van der Waals surface area contributed by atoms with E-state index in [4.69, 9.17) is 10.5 Å². The number of nitrogens with zero attached hydrogens (tertiary/aromatic N) is 2. The molecule has 2 heterocycles. The maximum absolute atomic E-state index is 13.7. The van der Waals surface area contributed by atoms with Gasteiger partial charge in [0, 0.05) is 43.0 Å². The summed E-state index contributed by atoms with van der Waals surface area (Å²) in [5.41, 5.74) is 7.26. The van der Waals surface area contributed by atoms with Gasteiger partial charge >= 0.3 is 0 Å². The van der Waals surface area contributed by atoms with E-state index < -0.39 is 18.1 Å². The van der Waals surface area contributed by atoms with E-state index in [9.17, 15) is 9.18 Å². The number of amides is 1. The zero-order valence-corrected chi connectivity index (χ0v) is 13.3. The molecule has 0 spiro atoms. The summed E-state index contributed by atoms with van der Waals surface area (Å²) in [6.45, 7) is 1.04. The van der Waals surface area contributed by atoms with E-state index in [0.717, 1.165) is 11.1 Å². The van der Waals surface area contributed by atoms with Gasteiger partial charge < -0.3 is 10.5 Å². The lowest BCUT2D eigenvalue weighted by Gasteiger charge is -2.22. The molecular formula is C18H20FN3O2. The van der Waals surface area contributed by atoms with Crippen LogP contribution in [0.1, 0.15) is 17.5 Å². The first-order valence-corrected chi connectivity index (χ1v) is 7.90. The van der Waals surface area contributed by atoms with E-state index in [1.807, 2.05) is 36.4 Å². The van der Waals surface area contributed by atoms with Crippen LogP contribution in [-0.4, -0.2) is 34.5 Å². The Hall–Kier alpha value is -2.47. The van der Waals surface area contributed by atoms with E-state index in [0.29, 0.717) is 18.9 Å². The molecule has 0 unspecified atom stereocenters. The van der Waals surface area contributed by atoms with Crippen LogP contribution in [0.4, 0.5) is 4.39 Å². The number of aromatic nitrogens is 1. The lowest BCUT2D eigenvalue weighted by Crippen LogP contribution is -2.39. The number of hydrogen-bond donors (Lipinski definition) is 1. The predicted molar refractivity (Wildman–Crippen MR) is 87.9 cm³/mol. The molecule has 2 aromatic rings. The summed E-state index contributed by atoms with van der Waals surface area (Å²) in [5.74, 6) is 0.232. The van der Waals surface area contributed by atoms with Crippen LogP contribution < -0.4 is 10.5 Å². The molecular weight excluding hydrogens is 309 g/mol. The summed E-state index contributed by atoms with van der Waals surface area (Å²) in [6.07, 6.45) is 2.60. The van der Waals surface area contributed by atoms with Gasteiger partial charge in [0.1, 0.15) is 18.5 Å². The third kappa shape index (κ3) is 3.89. The molecule has 1 aliphatic heterocycles. The first kappa shape index (κ1) is 16.4. The average molecular weight is 329 g/mol. The SMILES string of the molecule is NC(=O)[C@@H]1C[C@@H](F)CN1Cc1ccccc1OCc1cccnc1. The van der Waals surface area contributed by atoms with Crippen molar-refractivity contribution in [3.63, 3.8) is 0 Å². The van der Waals surface area contributed by atoms with Crippen molar-refractivity contribution in [3.8, 4) is 5.75 Å². The van der Waals surface area contributed by atoms with Gasteiger partial charge in [-0.15, -0.1) is 0 Å². The Kier molecular flexibility index (Phi) is 5.05. The molecule has 0 aliphatic carbocycles. The zero-order chi connectivity index (χ0) is 16.9. The van der Waals surface area contributed by atoms with E-state index in [-0.39, 0.29) is 13.0 Å². The smallest absolute Gasteiger partial charge is 0.234 e. The highest BCUT2D eigenvalue weighted by Crippen LogP contribution is 2.27. The van der Waals surface area contributed by atoms with Crippen molar-refractivity contribution >= 4 is 5.91 Å². The third-order valence-electron chi connectivity index (χ3n) is 4.14. The van der Waals surface area contributed by atoms with Gasteiger partial charge in [0.2, 0.25) is 5.91 Å². The average Bonchev–Trinajstić information content (AvgIpc) is 2.96. The van der Waals surface area contributed by atoms with Crippen molar-refractivity contribution in [2.45, 2.75) is 31.8 Å². The second-order valence-corrected chi connectivity index (χ2v) is 5.94. The summed E-state index contributed by atoms with van der Waals surface area (Å²) in [4.78, 5) is 17.4. The summed E-state index contributed by atoms with van der Waals surface area (Å²) >= 11 is 0. The number of likely N-dealkylation sites (tertiary alicyclic amines) is 1. The van der Waals surface area contributed by atoms with Crippen molar-refractivity contribution in [1.82, 2.24) is 9.88 Å². The Labute approximate surface area is 140 Å². The molecule has 1 amide bonds. The van der Waals surface area contributed by atoms with Crippen LogP contribution in [0.2, 0.25) is 0 Å². The van der Waals surface area contributed by atoms with Gasteiger partial charge in [0.15, 0.2) is 0 Å². The standard InChI is InChI=1S/C18H20FN3O2/c19-15-8-16(18(20)23)22(11-15)10-14-5-1-2-6-17(14)24-12-13-4-3-7-21-9-13/h1-7,9,15-16H,8,10-12H2,(H2,20,23)/t15-,16+/m1/s1. The second-order valence-electron chi connectivity index (χ2n) is 5.94. The van der Waals surface area contributed by atoms with Crippen molar-refractivity contribution in [1.29, 1.82) is 0 Å². The van der Waals surface area contributed by atoms with Crippen LogP contribution in [0.15, 0.2) is 48.8 Å². The Morgan fingerprint density at radius 2 is 2.17 bits per heavy atom. The fourth-order valence-corrected chi connectivity index (χ4v) is 2.96. The van der Waals surface area contributed by atoms with Crippen LogP contribution >= 0.6 is 0 Å². The van der Waals surface area contributed by atoms with Crippen LogP contribution in [0.25, 0.3) is 0 Å². The van der Waals surface area contributed by atoms with E-state index in [2.05, 4.69) is 4.98 Å². The summed E-state index contributed by atoms with van der Waals surface area (Å²) in [5, 5.41) is 0. The number of ether oxygens (including phenoxy) is 1. The summed E-state index contributed by atoms with van der Waals surface area (Å²) in [7, 11) is 0. The molecule has 1 saturated heterocycles. The molecule has 1 aromatic heterocycles. The van der Waals surface area contributed by atoms with Crippen molar-refractivity contribution in [3.05, 3.63) is 59.9 Å². The minimum atomic E-state index is -1.02. The van der Waals surface area contributed by atoms with Gasteiger partial charge in [0.25, 0.3) is 0 Å². The highest BCUT2D eigenvalue weighted by molar-refractivity contribution is 5.80. The monoisotopic (exact) mass is 329 g/mol. The topological polar surface area (TPSA) is 68.5 Å². The molecule has 2 N–H and O–H groups in total. The number of carbonyl (C=O) groups excluding carboxylic acids is 1. The van der Waals surface area contributed by atoms with Crippen molar-refractivity contribution in [2.24, 2.45) is 5.73 Å². The number of para-hydroxylation sites is 1. The fourth-order valence-electron chi connectivity index (χ4n) is 2.96. The normalized spacial score (nSPS) is 20.9. The van der Waals surface area contributed by atoms with E-state index in [1.54, 1.807) is 17.3 Å². The van der Waals surface area contributed by atoms with Crippen LogP contribution in [0.5, 0.6) is 5.75 Å². The number of rotatable bonds is 6. The number of alkyl halides is 1. The molecule has 0 saturated carbocycles. The third-order valence-corrected chi connectivity index (χ3v) is 4.14. The van der Waals surface area contributed by atoms with E-state index >= 15 is 0 Å². The number of hydrogen-bond acceptors (Lipinski definition) is 4. The molecule has 1 aliphatic rings. The number of nitrogens with two attached hydrogens (primary N) is 1. The van der Waals surface area contributed by atoms with Crippen molar-refractivity contribution in [2.75, 3.05) is 6.54 Å². The second kappa shape index (κ2) is 7.40. The molecule has 126 valence electrons. The molecule has 24 heavy (non-hydrogen) atoms. The Bertz CT molecular complexity index is 696. The zero-order valence-electron chi connectivity index (χ0n) is 13.3. The molecule has 0 radical (unpaired) electrons. The molecule has 1 fully saturated rings. The van der Waals surface area contributed by atoms with Gasteiger partial charge in [-0.05, 0) is 12.1 Å². The molecule has 5 nitrogen and oxygen atoms in total. The first-order valence-electron chi connectivity index (χ1n) is 7.90. The number of benzene rings is 1. The first-order chi connectivity index (χ1) is 11.6. The number of halogens is 1. The lowest BCUT2D eigenvalue weighted by molar-refractivity contribution is -0.122. The highest BCUT2D eigenvalue weighted by atomic mass is 19.1. The summed E-state index contributed by atoms with van der Waals surface area (Å²) < 4.78 is 19.5. The minimum absolute atomic E-state index is 0.161. The van der Waals surface area contributed by atoms with Crippen LogP contribution in [0.3, 0.4) is 0 Å². The Balaban J connectivity index is 1.71. The molecule has 0 bridgehead atoms.